The largest absolute Gasteiger partial charge is 0.392 e. The van der Waals surface area contributed by atoms with Crippen LogP contribution >= 0.6 is 0 Å². The molecule has 1 aliphatic heterocycles. The number of aliphatic hydroxyl groups is 1. The maximum absolute atomic E-state index is 9.92. The number of β-amino-alcohol motifs (C(OH)–C–C–N with tert-alkyl or cyclic N) is 1. The molecule has 0 spiro atoms. The Morgan fingerprint density at radius 2 is 1.95 bits per heavy atom. The summed E-state index contributed by atoms with van der Waals surface area (Å²) in [4.78, 5) is 2.53. The molecule has 0 aromatic heterocycles. The molecule has 0 aromatic rings. The van der Waals surface area contributed by atoms with E-state index < -0.39 is 0 Å². The van der Waals surface area contributed by atoms with Gasteiger partial charge in [-0.15, -0.1) is 0 Å². The van der Waals surface area contributed by atoms with Gasteiger partial charge in [0.1, 0.15) is 0 Å². The third-order valence-electron chi connectivity index (χ3n) is 5.38. The standard InChI is InChI=1S/C16H32N2O/c1-16(2,3)13-7-6-12(10-17)15(9-13)18-8-4-5-14(19)11-18/h12-15,19H,4-11,17H2,1-3H3. The molecular formula is C16H32N2O. The van der Waals surface area contributed by atoms with Crippen molar-refractivity contribution in [2.24, 2.45) is 23.0 Å². The Morgan fingerprint density at radius 3 is 2.53 bits per heavy atom. The maximum Gasteiger partial charge on any atom is 0.0667 e. The van der Waals surface area contributed by atoms with Gasteiger partial charge in [0, 0.05) is 12.6 Å². The van der Waals surface area contributed by atoms with Crippen LogP contribution in [0.3, 0.4) is 0 Å². The number of aliphatic hydroxyl groups excluding tert-OH is 1. The Morgan fingerprint density at radius 1 is 1.21 bits per heavy atom. The van der Waals surface area contributed by atoms with Gasteiger partial charge in [0.05, 0.1) is 6.10 Å². The van der Waals surface area contributed by atoms with Crippen molar-refractivity contribution in [1.29, 1.82) is 0 Å². The molecule has 0 radical (unpaired) electrons. The molecule has 112 valence electrons. The zero-order valence-corrected chi connectivity index (χ0v) is 12.9. The summed E-state index contributed by atoms with van der Waals surface area (Å²) in [7, 11) is 0. The topological polar surface area (TPSA) is 49.5 Å². The van der Waals surface area contributed by atoms with Crippen molar-refractivity contribution in [3.63, 3.8) is 0 Å². The zero-order valence-electron chi connectivity index (χ0n) is 12.9. The van der Waals surface area contributed by atoms with Crippen LogP contribution in [0, 0.1) is 17.3 Å². The van der Waals surface area contributed by atoms with E-state index in [0.29, 0.717) is 17.4 Å². The molecule has 1 saturated carbocycles. The molecule has 2 fully saturated rings. The van der Waals surface area contributed by atoms with Crippen LogP contribution in [0.1, 0.15) is 52.9 Å². The fourth-order valence-electron chi connectivity index (χ4n) is 4.00. The second-order valence-corrected chi connectivity index (χ2v) is 7.73. The number of nitrogens with two attached hydrogens (primary N) is 1. The normalized spacial score (nSPS) is 38.4. The van der Waals surface area contributed by atoms with E-state index in [4.69, 9.17) is 5.73 Å². The molecule has 2 rings (SSSR count). The maximum atomic E-state index is 9.92. The third kappa shape index (κ3) is 3.71. The minimum absolute atomic E-state index is 0.123. The van der Waals surface area contributed by atoms with Gasteiger partial charge in [-0.3, -0.25) is 4.90 Å². The van der Waals surface area contributed by atoms with Crippen molar-refractivity contribution in [3.8, 4) is 0 Å². The molecule has 0 bridgehead atoms. The van der Waals surface area contributed by atoms with Crippen molar-refractivity contribution in [3.05, 3.63) is 0 Å². The predicted molar refractivity (Wildman–Crippen MR) is 79.9 cm³/mol. The molecule has 3 N–H and O–H groups in total. The van der Waals surface area contributed by atoms with Crippen molar-refractivity contribution < 1.29 is 5.11 Å². The van der Waals surface area contributed by atoms with Gasteiger partial charge in [-0.25, -0.2) is 0 Å². The Bertz CT molecular complexity index is 287. The van der Waals surface area contributed by atoms with Crippen LogP contribution in [0.2, 0.25) is 0 Å². The summed E-state index contributed by atoms with van der Waals surface area (Å²) in [5.41, 5.74) is 6.40. The van der Waals surface area contributed by atoms with Crippen LogP contribution in [0.4, 0.5) is 0 Å². The lowest BCUT2D eigenvalue weighted by Crippen LogP contribution is -2.52. The Hall–Kier alpha value is -0.120. The average Bonchev–Trinajstić information content (AvgIpc) is 2.37. The quantitative estimate of drug-likeness (QED) is 0.807. The highest BCUT2D eigenvalue weighted by Gasteiger charge is 2.38. The second-order valence-electron chi connectivity index (χ2n) is 7.73. The fourth-order valence-corrected chi connectivity index (χ4v) is 4.00. The van der Waals surface area contributed by atoms with Crippen molar-refractivity contribution in [1.82, 2.24) is 4.90 Å². The summed E-state index contributed by atoms with van der Waals surface area (Å²) in [5, 5.41) is 9.92. The van der Waals surface area contributed by atoms with E-state index in [1.807, 2.05) is 0 Å². The Kier molecular flexibility index (Phi) is 4.91. The van der Waals surface area contributed by atoms with E-state index in [-0.39, 0.29) is 6.10 Å². The molecule has 19 heavy (non-hydrogen) atoms. The summed E-state index contributed by atoms with van der Waals surface area (Å²) >= 11 is 0. The van der Waals surface area contributed by atoms with Crippen LogP contribution in [0.15, 0.2) is 0 Å². The van der Waals surface area contributed by atoms with Crippen LogP contribution in [-0.4, -0.2) is 41.8 Å². The number of piperidine rings is 1. The van der Waals surface area contributed by atoms with Crippen LogP contribution in [-0.2, 0) is 0 Å². The summed E-state index contributed by atoms with van der Waals surface area (Å²) in [6, 6.07) is 0.595. The lowest BCUT2D eigenvalue weighted by Gasteiger charge is -2.47. The number of rotatable bonds is 2. The Labute approximate surface area is 118 Å². The molecular weight excluding hydrogens is 236 g/mol. The highest BCUT2D eigenvalue weighted by molar-refractivity contribution is 4.92. The lowest BCUT2D eigenvalue weighted by molar-refractivity contribution is -0.00567. The van der Waals surface area contributed by atoms with E-state index >= 15 is 0 Å². The number of likely N-dealkylation sites (tertiary alicyclic amines) is 1. The summed E-state index contributed by atoms with van der Waals surface area (Å²) < 4.78 is 0. The van der Waals surface area contributed by atoms with Gasteiger partial charge >= 0.3 is 0 Å². The highest BCUT2D eigenvalue weighted by Crippen LogP contribution is 2.41. The third-order valence-corrected chi connectivity index (χ3v) is 5.38. The van der Waals surface area contributed by atoms with Gasteiger partial charge in [-0.2, -0.15) is 0 Å². The molecule has 1 aliphatic carbocycles. The molecule has 2 aliphatic rings. The number of hydrogen-bond donors (Lipinski definition) is 2. The highest BCUT2D eigenvalue weighted by atomic mass is 16.3. The van der Waals surface area contributed by atoms with Crippen LogP contribution < -0.4 is 5.73 Å². The SMILES string of the molecule is CC(C)(C)C1CCC(CN)C(N2CCCC(O)C2)C1. The first-order chi connectivity index (χ1) is 8.91. The first-order valence-corrected chi connectivity index (χ1v) is 8.04. The van der Waals surface area contributed by atoms with Gasteiger partial charge < -0.3 is 10.8 Å². The van der Waals surface area contributed by atoms with Crippen molar-refractivity contribution in [2.45, 2.75) is 65.0 Å². The lowest BCUT2D eigenvalue weighted by atomic mass is 9.67. The van der Waals surface area contributed by atoms with E-state index in [1.165, 1.54) is 19.3 Å². The van der Waals surface area contributed by atoms with Gasteiger partial charge in [0.15, 0.2) is 0 Å². The first-order valence-electron chi connectivity index (χ1n) is 8.04. The second kappa shape index (κ2) is 6.11. The van der Waals surface area contributed by atoms with E-state index in [9.17, 15) is 5.11 Å². The van der Waals surface area contributed by atoms with E-state index in [0.717, 1.165) is 38.4 Å². The monoisotopic (exact) mass is 268 g/mol. The molecule has 0 aromatic carbocycles. The van der Waals surface area contributed by atoms with Gasteiger partial charge in [-0.05, 0) is 62.4 Å². The summed E-state index contributed by atoms with van der Waals surface area (Å²) in [6.07, 6.45) is 5.82. The van der Waals surface area contributed by atoms with E-state index in [2.05, 4.69) is 25.7 Å². The smallest absolute Gasteiger partial charge is 0.0667 e. The molecule has 1 saturated heterocycles. The molecule has 3 heteroatoms. The van der Waals surface area contributed by atoms with Gasteiger partial charge in [-0.1, -0.05) is 20.8 Å². The minimum Gasteiger partial charge on any atom is -0.392 e. The predicted octanol–water partition coefficient (Wildman–Crippen LogP) is 2.23. The summed E-state index contributed by atoms with van der Waals surface area (Å²) in [6.45, 7) is 9.90. The van der Waals surface area contributed by atoms with Crippen molar-refractivity contribution in [2.75, 3.05) is 19.6 Å². The van der Waals surface area contributed by atoms with Crippen LogP contribution in [0.25, 0.3) is 0 Å². The van der Waals surface area contributed by atoms with E-state index in [1.54, 1.807) is 0 Å². The van der Waals surface area contributed by atoms with Crippen LogP contribution in [0.5, 0.6) is 0 Å². The molecule has 4 unspecified atom stereocenters. The zero-order chi connectivity index (χ0) is 14.0. The summed E-state index contributed by atoms with van der Waals surface area (Å²) in [5.74, 6) is 1.42. The first kappa shape index (κ1) is 15.3. The Balaban J connectivity index is 2.05. The van der Waals surface area contributed by atoms with Gasteiger partial charge in [0.25, 0.3) is 0 Å². The number of nitrogens with zero attached hydrogens (tertiary/aromatic N) is 1. The minimum atomic E-state index is -0.123. The average molecular weight is 268 g/mol. The molecule has 3 nitrogen and oxygen atoms in total. The van der Waals surface area contributed by atoms with Crippen molar-refractivity contribution >= 4 is 0 Å². The van der Waals surface area contributed by atoms with Gasteiger partial charge in [0.2, 0.25) is 0 Å². The molecule has 1 heterocycles. The molecule has 4 atom stereocenters. The molecule has 0 amide bonds. The fraction of sp³-hybridized carbons (Fsp3) is 1.00. The number of hydrogen-bond acceptors (Lipinski definition) is 3.